The monoisotopic (exact) mass is 740 g/mol. The Balaban J connectivity index is 1.07. The predicted octanol–water partition coefficient (Wildman–Crippen LogP) is 12.7. The lowest BCUT2D eigenvalue weighted by atomic mass is 10.0. The Morgan fingerprint density at radius 3 is 1.05 bits per heavy atom. The van der Waals surface area contributed by atoms with E-state index in [0.717, 1.165) is 88.7 Å². The molecule has 0 aliphatic heterocycles. The van der Waals surface area contributed by atoms with Crippen LogP contribution in [0.5, 0.6) is 0 Å². The minimum atomic E-state index is 0.607. The first-order valence-electron chi connectivity index (χ1n) is 19.2. The Morgan fingerprint density at radius 2 is 0.603 bits per heavy atom. The Labute approximate surface area is 334 Å². The molecule has 11 aromatic rings. The number of aromatic nitrogens is 6. The predicted molar refractivity (Wildman–Crippen MR) is 236 cm³/mol. The van der Waals surface area contributed by atoms with Crippen molar-refractivity contribution in [1.82, 2.24) is 29.9 Å². The van der Waals surface area contributed by atoms with Crippen molar-refractivity contribution in [2.75, 3.05) is 0 Å². The number of hydrogen-bond donors (Lipinski definition) is 0. The van der Waals surface area contributed by atoms with Gasteiger partial charge in [-0.05, 0) is 76.1 Å². The first-order valence-corrected chi connectivity index (χ1v) is 19.2. The Morgan fingerprint density at radius 1 is 0.241 bits per heavy atom. The molecule has 0 bridgehead atoms. The summed E-state index contributed by atoms with van der Waals surface area (Å²) in [7, 11) is 0. The van der Waals surface area contributed by atoms with E-state index in [1.807, 2.05) is 48.8 Å². The number of benzene rings is 7. The van der Waals surface area contributed by atoms with E-state index in [1.54, 1.807) is 0 Å². The van der Waals surface area contributed by atoms with Gasteiger partial charge in [0, 0.05) is 56.5 Å². The van der Waals surface area contributed by atoms with Crippen LogP contribution in [0.2, 0.25) is 0 Å². The molecule has 0 fully saturated rings. The topological polar surface area (TPSA) is 77.3 Å². The number of pyridine rings is 2. The molecule has 6 heteroatoms. The van der Waals surface area contributed by atoms with Crippen LogP contribution in [0, 0.1) is 0 Å². The van der Waals surface area contributed by atoms with Crippen molar-refractivity contribution in [1.29, 1.82) is 0 Å². The fourth-order valence-corrected chi connectivity index (χ4v) is 7.67. The maximum atomic E-state index is 5.20. The Hall–Kier alpha value is -7.96. The maximum absolute atomic E-state index is 5.20. The van der Waals surface area contributed by atoms with Crippen LogP contribution < -0.4 is 0 Å². The van der Waals surface area contributed by atoms with Gasteiger partial charge < -0.3 is 0 Å². The molecule has 4 heterocycles. The second-order valence-electron chi connectivity index (χ2n) is 14.5. The summed E-state index contributed by atoms with van der Waals surface area (Å²) in [5.41, 5.74) is 10.7. The van der Waals surface area contributed by atoms with Crippen LogP contribution in [-0.4, -0.2) is 29.9 Å². The maximum Gasteiger partial charge on any atom is 0.161 e. The van der Waals surface area contributed by atoms with Crippen molar-refractivity contribution >= 4 is 43.4 Å². The summed E-state index contributed by atoms with van der Waals surface area (Å²) >= 11 is 0. The summed E-state index contributed by atoms with van der Waals surface area (Å²) < 4.78 is 0. The number of nitrogens with zero attached hydrogens (tertiary/aromatic N) is 6. The first kappa shape index (κ1) is 33.4. The molecule has 6 nitrogen and oxygen atoms in total. The van der Waals surface area contributed by atoms with Gasteiger partial charge in [0.15, 0.2) is 11.6 Å². The summed E-state index contributed by atoms with van der Waals surface area (Å²) in [6, 6.07) is 62.7. The van der Waals surface area contributed by atoms with Crippen molar-refractivity contribution < 1.29 is 0 Å². The second kappa shape index (κ2) is 14.0. The molecule has 4 aromatic heterocycles. The molecule has 0 aliphatic rings. The molecule has 0 saturated carbocycles. The van der Waals surface area contributed by atoms with Crippen LogP contribution in [0.25, 0.3) is 111 Å². The lowest BCUT2D eigenvalue weighted by Crippen LogP contribution is -1.98. The molecular weight excluding hydrogens is 709 g/mol. The van der Waals surface area contributed by atoms with Crippen LogP contribution >= 0.6 is 0 Å². The van der Waals surface area contributed by atoms with Gasteiger partial charge in [0.2, 0.25) is 0 Å². The average Bonchev–Trinajstić information content (AvgIpc) is 3.30. The van der Waals surface area contributed by atoms with Gasteiger partial charge in [0.05, 0.1) is 33.8 Å². The minimum absolute atomic E-state index is 0.607. The standard InChI is InChI=1S/C52H32N6/c1-3-12-35-24-41(22-20-33(35)10-1)49-29-47(55-51(57-49)43-27-37-14-5-7-18-45(37)53-31-43)39-16-9-17-40(26-39)48-30-50(42-23-21-34-11-2-4-13-36(34)25-42)58-52(56-48)44-28-38-15-6-8-19-46(38)54-32-44/h1-32H. The number of rotatable bonds is 6. The third-order valence-corrected chi connectivity index (χ3v) is 10.7. The highest BCUT2D eigenvalue weighted by Gasteiger charge is 2.16. The zero-order valence-electron chi connectivity index (χ0n) is 31.2. The smallest absolute Gasteiger partial charge is 0.161 e. The van der Waals surface area contributed by atoms with E-state index in [9.17, 15) is 0 Å². The van der Waals surface area contributed by atoms with Crippen molar-refractivity contribution in [2.45, 2.75) is 0 Å². The third-order valence-electron chi connectivity index (χ3n) is 10.7. The van der Waals surface area contributed by atoms with Crippen molar-refractivity contribution in [3.8, 4) is 67.8 Å². The van der Waals surface area contributed by atoms with Gasteiger partial charge in [-0.1, -0.05) is 127 Å². The molecule has 7 aromatic carbocycles. The SMILES string of the molecule is c1cc(-c2cc(-c3ccc4ccccc4c3)nc(-c3cnc4ccccc4c3)n2)cc(-c2cc(-c3ccc4ccccc4c3)nc(-c3cnc4ccccc4c3)n2)c1. The highest BCUT2D eigenvalue weighted by Crippen LogP contribution is 2.34. The van der Waals surface area contributed by atoms with E-state index in [1.165, 1.54) is 10.8 Å². The highest BCUT2D eigenvalue weighted by molar-refractivity contribution is 5.90. The molecule has 11 rings (SSSR count). The minimum Gasteiger partial charge on any atom is -0.255 e. The van der Waals surface area contributed by atoms with Crippen LogP contribution in [0.3, 0.4) is 0 Å². The average molecular weight is 741 g/mol. The first-order chi connectivity index (χ1) is 28.7. The summed E-state index contributed by atoms with van der Waals surface area (Å²) in [6.45, 7) is 0. The molecule has 0 radical (unpaired) electrons. The normalized spacial score (nSPS) is 11.4. The van der Waals surface area contributed by atoms with E-state index in [2.05, 4.69) is 146 Å². The summed E-state index contributed by atoms with van der Waals surface area (Å²) in [4.78, 5) is 30.2. The molecular formula is C52H32N6. The van der Waals surface area contributed by atoms with Gasteiger partial charge in [-0.3, -0.25) is 9.97 Å². The number of fused-ring (bicyclic) bond motifs is 4. The highest BCUT2D eigenvalue weighted by atomic mass is 14.9. The van der Waals surface area contributed by atoms with Crippen LogP contribution in [0.4, 0.5) is 0 Å². The third kappa shape index (κ3) is 6.29. The van der Waals surface area contributed by atoms with Gasteiger partial charge >= 0.3 is 0 Å². The zero-order chi connectivity index (χ0) is 38.4. The Bertz CT molecular complexity index is 2960. The number of hydrogen-bond acceptors (Lipinski definition) is 6. The van der Waals surface area contributed by atoms with Gasteiger partial charge in [0.1, 0.15) is 0 Å². The van der Waals surface area contributed by atoms with Crippen LogP contribution in [-0.2, 0) is 0 Å². The van der Waals surface area contributed by atoms with E-state index in [0.29, 0.717) is 11.6 Å². The van der Waals surface area contributed by atoms with Crippen molar-refractivity contribution in [3.05, 3.63) is 194 Å². The zero-order valence-corrected chi connectivity index (χ0v) is 31.2. The van der Waals surface area contributed by atoms with Gasteiger partial charge in [-0.2, -0.15) is 0 Å². The molecule has 0 atom stereocenters. The fourth-order valence-electron chi connectivity index (χ4n) is 7.67. The van der Waals surface area contributed by atoms with Gasteiger partial charge in [-0.15, -0.1) is 0 Å². The van der Waals surface area contributed by atoms with Crippen LogP contribution in [0.1, 0.15) is 0 Å². The lowest BCUT2D eigenvalue weighted by Gasteiger charge is -2.13. The fraction of sp³-hybridized carbons (Fsp3) is 0. The molecule has 0 spiro atoms. The van der Waals surface area contributed by atoms with Crippen molar-refractivity contribution in [2.24, 2.45) is 0 Å². The molecule has 0 amide bonds. The van der Waals surface area contributed by atoms with Gasteiger partial charge in [-0.25, -0.2) is 19.9 Å². The molecule has 58 heavy (non-hydrogen) atoms. The molecule has 0 N–H and O–H groups in total. The van der Waals surface area contributed by atoms with Crippen LogP contribution in [0.15, 0.2) is 194 Å². The molecule has 270 valence electrons. The Kier molecular flexibility index (Phi) is 8.04. The summed E-state index contributed by atoms with van der Waals surface area (Å²) in [5, 5.41) is 6.73. The second-order valence-corrected chi connectivity index (χ2v) is 14.5. The summed E-state index contributed by atoms with van der Waals surface area (Å²) in [5.74, 6) is 1.21. The number of para-hydroxylation sites is 2. The van der Waals surface area contributed by atoms with Crippen molar-refractivity contribution in [3.63, 3.8) is 0 Å². The largest absolute Gasteiger partial charge is 0.255 e. The summed E-state index contributed by atoms with van der Waals surface area (Å²) in [6.07, 6.45) is 3.72. The molecule has 0 aliphatic carbocycles. The van der Waals surface area contributed by atoms with E-state index in [4.69, 9.17) is 29.9 Å². The van der Waals surface area contributed by atoms with Gasteiger partial charge in [0.25, 0.3) is 0 Å². The lowest BCUT2D eigenvalue weighted by molar-refractivity contribution is 1.17. The quantitative estimate of drug-likeness (QED) is 0.169. The van der Waals surface area contributed by atoms with E-state index >= 15 is 0 Å². The molecule has 0 unspecified atom stereocenters. The van der Waals surface area contributed by atoms with E-state index in [-0.39, 0.29) is 0 Å². The molecule has 0 saturated heterocycles. The van der Waals surface area contributed by atoms with E-state index < -0.39 is 0 Å².